The van der Waals surface area contributed by atoms with E-state index in [1.54, 1.807) is 18.2 Å². The molecule has 0 radical (unpaired) electrons. The van der Waals surface area contributed by atoms with Crippen molar-refractivity contribution in [2.45, 2.75) is 12.2 Å². The zero-order chi connectivity index (χ0) is 12.1. The summed E-state index contributed by atoms with van der Waals surface area (Å²) in [7, 11) is -1.21. The van der Waals surface area contributed by atoms with E-state index >= 15 is 0 Å². The number of esters is 1. The normalized spacial score (nSPS) is 10.4. The first-order chi connectivity index (χ1) is 7.52. The first kappa shape index (κ1) is 13.2. The molecule has 0 aromatic heterocycles. The molecule has 0 aliphatic carbocycles. The Kier molecular flexibility index (Phi) is 4.95. The second-order valence-electron chi connectivity index (χ2n) is 3.16. The van der Waals surface area contributed by atoms with Gasteiger partial charge in [-0.25, -0.2) is 8.42 Å². The van der Waals surface area contributed by atoms with Crippen LogP contribution in [0.5, 0.6) is 0 Å². The van der Waals surface area contributed by atoms with Gasteiger partial charge < -0.3 is 4.74 Å². The van der Waals surface area contributed by atoms with Crippen LogP contribution in [0.25, 0.3) is 0 Å². The van der Waals surface area contributed by atoms with Crippen LogP contribution in [0, 0.1) is 0 Å². The Morgan fingerprint density at radius 1 is 1.38 bits per heavy atom. The van der Waals surface area contributed by atoms with Gasteiger partial charge in [-0.2, -0.15) is 0 Å². The number of rotatable bonds is 4. The third-order valence-electron chi connectivity index (χ3n) is 2.03. The Balaban J connectivity index is 3.02. The summed E-state index contributed by atoms with van der Waals surface area (Å²) >= 11 is 3.26. The zero-order valence-electron chi connectivity index (χ0n) is 8.60. The minimum atomic E-state index is -2.51. The van der Waals surface area contributed by atoms with Crippen molar-refractivity contribution in [2.75, 3.05) is 7.11 Å². The van der Waals surface area contributed by atoms with E-state index in [1.165, 1.54) is 7.11 Å². The maximum absolute atomic E-state index is 11.1. The van der Waals surface area contributed by atoms with Crippen molar-refractivity contribution in [1.29, 1.82) is 0 Å². The largest absolute Gasteiger partial charge is 0.469 e. The molecule has 6 heteroatoms. The summed E-state index contributed by atoms with van der Waals surface area (Å²) in [5.41, 5.74) is 1.30. The van der Waals surface area contributed by atoms with Crippen molar-refractivity contribution in [2.24, 2.45) is 0 Å². The van der Waals surface area contributed by atoms with Crippen LogP contribution in [-0.2, 0) is 32.4 Å². The molecule has 0 aliphatic rings. The summed E-state index contributed by atoms with van der Waals surface area (Å²) in [5, 5.41) is 0. The number of hydrogen-bond acceptors (Lipinski definition) is 4. The van der Waals surface area contributed by atoms with E-state index in [-0.39, 0.29) is 18.1 Å². The second kappa shape index (κ2) is 6.00. The van der Waals surface area contributed by atoms with Gasteiger partial charge in [-0.15, -0.1) is 0 Å². The number of ether oxygens (including phenoxy) is 1. The van der Waals surface area contributed by atoms with Crippen molar-refractivity contribution >= 4 is 32.6 Å². The minimum absolute atomic E-state index is 0.0684. The zero-order valence-corrected chi connectivity index (χ0v) is 11.1. The molecule has 0 amide bonds. The lowest BCUT2D eigenvalue weighted by molar-refractivity contribution is -0.139. The molecular weight excluding hydrogens is 296 g/mol. The summed E-state index contributed by atoms with van der Waals surface area (Å²) < 4.78 is 26.7. The lowest BCUT2D eigenvalue weighted by Gasteiger charge is -2.06. The third kappa shape index (κ3) is 3.94. The molecule has 0 spiro atoms. The van der Waals surface area contributed by atoms with Gasteiger partial charge in [0.2, 0.25) is 0 Å². The van der Waals surface area contributed by atoms with Crippen LogP contribution in [0.4, 0.5) is 0 Å². The molecule has 88 valence electrons. The fraction of sp³-hybridized carbons (Fsp3) is 0.300. The van der Waals surface area contributed by atoms with Gasteiger partial charge >= 0.3 is 5.97 Å². The maximum atomic E-state index is 11.1. The van der Waals surface area contributed by atoms with Gasteiger partial charge in [0.1, 0.15) is 10.7 Å². The number of hydrogen-bond donors (Lipinski definition) is 1. The SMILES string of the molecule is COC(=O)Cc1ccc(Br)cc1C[SH](=O)=O. The van der Waals surface area contributed by atoms with Crippen molar-refractivity contribution in [1.82, 2.24) is 0 Å². The topological polar surface area (TPSA) is 60.4 Å². The fourth-order valence-electron chi connectivity index (χ4n) is 1.28. The Hall–Kier alpha value is -0.880. The van der Waals surface area contributed by atoms with Gasteiger partial charge in [-0.05, 0) is 23.3 Å². The number of carbonyl (C=O) groups excluding carboxylic acids is 1. The number of carbonyl (C=O) groups is 1. The molecule has 0 atom stereocenters. The Labute approximate surface area is 104 Å². The highest BCUT2D eigenvalue weighted by Crippen LogP contribution is 2.18. The van der Waals surface area contributed by atoms with E-state index in [4.69, 9.17) is 0 Å². The first-order valence-corrected chi connectivity index (χ1v) is 6.64. The number of halogens is 1. The summed E-state index contributed by atoms with van der Waals surface area (Å²) in [6.07, 6.45) is 0.0856. The average Bonchev–Trinajstić information content (AvgIpc) is 2.21. The van der Waals surface area contributed by atoms with Gasteiger partial charge in [0.05, 0.1) is 19.3 Å². The molecule has 1 aromatic rings. The molecule has 0 heterocycles. The highest BCUT2D eigenvalue weighted by Gasteiger charge is 2.09. The first-order valence-electron chi connectivity index (χ1n) is 4.49. The second-order valence-corrected chi connectivity index (χ2v) is 5.05. The molecule has 0 aliphatic heterocycles. The van der Waals surface area contributed by atoms with Gasteiger partial charge in [0, 0.05) is 4.47 Å². The third-order valence-corrected chi connectivity index (χ3v) is 3.12. The Morgan fingerprint density at radius 2 is 2.06 bits per heavy atom. The molecule has 0 fully saturated rings. The van der Waals surface area contributed by atoms with Crippen LogP contribution in [-0.4, -0.2) is 21.5 Å². The molecule has 0 saturated heterocycles. The number of benzene rings is 1. The van der Waals surface area contributed by atoms with E-state index in [1.807, 2.05) is 0 Å². The van der Waals surface area contributed by atoms with E-state index < -0.39 is 10.7 Å². The van der Waals surface area contributed by atoms with Crippen molar-refractivity contribution in [3.8, 4) is 0 Å². The molecule has 1 aromatic carbocycles. The molecule has 0 N–H and O–H groups in total. The molecule has 0 saturated carbocycles. The van der Waals surface area contributed by atoms with Crippen molar-refractivity contribution in [3.05, 3.63) is 33.8 Å². The molecule has 0 unspecified atom stereocenters. The Morgan fingerprint density at radius 3 is 2.62 bits per heavy atom. The minimum Gasteiger partial charge on any atom is -0.469 e. The number of thiol groups is 1. The molecular formula is C10H11BrO4S. The van der Waals surface area contributed by atoms with Gasteiger partial charge in [-0.3, -0.25) is 4.79 Å². The maximum Gasteiger partial charge on any atom is 0.309 e. The van der Waals surface area contributed by atoms with Crippen LogP contribution in [0.1, 0.15) is 11.1 Å². The van der Waals surface area contributed by atoms with Crippen LogP contribution in [0.15, 0.2) is 22.7 Å². The summed E-state index contributed by atoms with van der Waals surface area (Å²) in [6.45, 7) is 0. The van der Waals surface area contributed by atoms with Gasteiger partial charge in [0.25, 0.3) is 0 Å². The van der Waals surface area contributed by atoms with Crippen LogP contribution in [0.2, 0.25) is 0 Å². The van der Waals surface area contributed by atoms with Gasteiger partial charge in [-0.1, -0.05) is 22.0 Å². The van der Waals surface area contributed by atoms with E-state index in [2.05, 4.69) is 20.7 Å². The van der Waals surface area contributed by atoms with Crippen LogP contribution in [0.3, 0.4) is 0 Å². The van der Waals surface area contributed by atoms with Crippen molar-refractivity contribution in [3.63, 3.8) is 0 Å². The van der Waals surface area contributed by atoms with E-state index in [9.17, 15) is 13.2 Å². The lowest BCUT2D eigenvalue weighted by atomic mass is 10.1. The summed E-state index contributed by atoms with van der Waals surface area (Å²) in [6, 6.07) is 5.18. The smallest absolute Gasteiger partial charge is 0.309 e. The van der Waals surface area contributed by atoms with Gasteiger partial charge in [0.15, 0.2) is 0 Å². The lowest BCUT2D eigenvalue weighted by Crippen LogP contribution is -2.07. The molecule has 1 rings (SSSR count). The predicted molar refractivity (Wildman–Crippen MR) is 63.9 cm³/mol. The summed E-state index contributed by atoms with van der Waals surface area (Å²) in [5.74, 6) is -0.453. The molecule has 0 bridgehead atoms. The quantitative estimate of drug-likeness (QED) is 0.672. The summed E-state index contributed by atoms with van der Waals surface area (Å²) in [4.78, 5) is 11.1. The average molecular weight is 307 g/mol. The van der Waals surface area contributed by atoms with E-state index in [0.717, 1.165) is 4.47 Å². The van der Waals surface area contributed by atoms with Crippen LogP contribution < -0.4 is 0 Å². The molecule has 16 heavy (non-hydrogen) atoms. The highest BCUT2D eigenvalue weighted by molar-refractivity contribution is 9.10. The van der Waals surface area contributed by atoms with Crippen molar-refractivity contribution < 1.29 is 17.9 Å². The Bertz CT molecular complexity index is 460. The fourth-order valence-corrected chi connectivity index (χ4v) is 2.26. The monoisotopic (exact) mass is 306 g/mol. The number of methoxy groups -OCH3 is 1. The standard InChI is InChI=1S/C10H11BrO4S/c1-15-10(12)5-7-2-3-9(11)4-8(7)6-16(13)14/h2-4,16H,5-6H2,1H3. The highest BCUT2D eigenvalue weighted by atomic mass is 79.9. The van der Waals surface area contributed by atoms with E-state index in [0.29, 0.717) is 11.1 Å². The molecule has 4 nitrogen and oxygen atoms in total. The van der Waals surface area contributed by atoms with Crippen LogP contribution >= 0.6 is 15.9 Å². The predicted octanol–water partition coefficient (Wildman–Crippen LogP) is 1.28.